The van der Waals surface area contributed by atoms with Crippen LogP contribution in [-0.2, 0) is 10.6 Å². The minimum atomic E-state index is -4.37. The van der Waals surface area contributed by atoms with Gasteiger partial charge in [-0.2, -0.15) is 13.2 Å². The summed E-state index contributed by atoms with van der Waals surface area (Å²) in [5.41, 5.74) is 0.520. The first-order valence-corrected chi connectivity index (χ1v) is 5.46. The molecule has 0 heterocycles. The highest BCUT2D eigenvalue weighted by molar-refractivity contribution is 6.32. The zero-order valence-corrected chi connectivity index (χ0v) is 10.1. The van der Waals surface area contributed by atoms with Gasteiger partial charge < -0.3 is 9.47 Å². The van der Waals surface area contributed by atoms with E-state index in [4.69, 9.17) is 27.9 Å². The molecule has 0 atom stereocenters. The molecule has 0 saturated heterocycles. The standard InChI is InChI=1S/C10H9Cl2F3O2/c11-4-7-8(12)2-1-3-9(7)17-6-16-5-10(13,14)15/h1-3H,4-6H2. The van der Waals surface area contributed by atoms with Gasteiger partial charge in [-0.1, -0.05) is 17.7 Å². The van der Waals surface area contributed by atoms with Gasteiger partial charge in [0.25, 0.3) is 0 Å². The SMILES string of the molecule is FC(F)(F)COCOc1cccc(Cl)c1CCl. The van der Waals surface area contributed by atoms with Crippen LogP contribution in [0.1, 0.15) is 5.56 Å². The molecule has 17 heavy (non-hydrogen) atoms. The van der Waals surface area contributed by atoms with Gasteiger partial charge in [-0.05, 0) is 12.1 Å². The van der Waals surface area contributed by atoms with E-state index < -0.39 is 19.6 Å². The molecule has 0 amide bonds. The van der Waals surface area contributed by atoms with Gasteiger partial charge in [0.15, 0.2) is 6.79 Å². The maximum absolute atomic E-state index is 11.8. The summed E-state index contributed by atoms with van der Waals surface area (Å²) in [6.07, 6.45) is -4.37. The summed E-state index contributed by atoms with van der Waals surface area (Å²) in [5.74, 6) is 0.420. The Morgan fingerprint density at radius 1 is 1.24 bits per heavy atom. The van der Waals surface area contributed by atoms with Crippen LogP contribution in [0.2, 0.25) is 5.02 Å². The lowest BCUT2D eigenvalue weighted by Gasteiger charge is -2.12. The maximum Gasteiger partial charge on any atom is 0.411 e. The summed E-state index contributed by atoms with van der Waals surface area (Å²) in [6.45, 7) is -1.87. The number of hydrogen-bond donors (Lipinski definition) is 0. The molecule has 0 aliphatic heterocycles. The average molecular weight is 289 g/mol. The summed E-state index contributed by atoms with van der Waals surface area (Å²) in [4.78, 5) is 0. The van der Waals surface area contributed by atoms with Gasteiger partial charge in [-0.3, -0.25) is 0 Å². The Kier molecular flexibility index (Phi) is 5.36. The van der Waals surface area contributed by atoms with Crippen molar-refractivity contribution in [3.05, 3.63) is 28.8 Å². The van der Waals surface area contributed by atoms with Crippen molar-refractivity contribution in [1.29, 1.82) is 0 Å². The van der Waals surface area contributed by atoms with Crippen molar-refractivity contribution in [2.24, 2.45) is 0 Å². The van der Waals surface area contributed by atoms with E-state index in [0.717, 1.165) is 0 Å². The van der Waals surface area contributed by atoms with Crippen LogP contribution < -0.4 is 4.74 Å². The molecule has 0 N–H and O–H groups in total. The first-order valence-electron chi connectivity index (χ1n) is 4.54. The summed E-state index contributed by atoms with van der Waals surface area (Å²) in [7, 11) is 0. The minimum Gasteiger partial charge on any atom is -0.467 e. The highest BCUT2D eigenvalue weighted by Gasteiger charge is 2.27. The van der Waals surface area contributed by atoms with Crippen LogP contribution in [0, 0.1) is 0 Å². The first-order chi connectivity index (χ1) is 7.94. The highest BCUT2D eigenvalue weighted by Crippen LogP contribution is 2.28. The fourth-order valence-electron chi connectivity index (χ4n) is 1.07. The van der Waals surface area contributed by atoms with E-state index in [0.29, 0.717) is 16.3 Å². The van der Waals surface area contributed by atoms with Crippen molar-refractivity contribution >= 4 is 23.2 Å². The van der Waals surface area contributed by atoms with Crippen LogP contribution in [0.25, 0.3) is 0 Å². The van der Waals surface area contributed by atoms with Crippen molar-refractivity contribution in [2.45, 2.75) is 12.1 Å². The molecule has 0 spiro atoms. The zero-order valence-electron chi connectivity index (χ0n) is 8.56. The van der Waals surface area contributed by atoms with Gasteiger partial charge in [0.1, 0.15) is 12.4 Å². The summed E-state index contributed by atoms with van der Waals surface area (Å²) in [5, 5.41) is 0.397. The van der Waals surface area contributed by atoms with Gasteiger partial charge in [0.05, 0.1) is 5.88 Å². The average Bonchev–Trinajstić information content (AvgIpc) is 2.23. The molecule has 0 aromatic heterocycles. The fourth-order valence-corrected chi connectivity index (χ4v) is 1.64. The molecule has 0 aliphatic carbocycles. The molecule has 1 rings (SSSR count). The summed E-state index contributed by atoms with van der Waals surface area (Å²) in [6, 6.07) is 4.78. The van der Waals surface area contributed by atoms with Gasteiger partial charge in [-0.25, -0.2) is 0 Å². The number of halogens is 5. The largest absolute Gasteiger partial charge is 0.467 e. The molecule has 0 radical (unpaired) electrons. The van der Waals surface area contributed by atoms with E-state index >= 15 is 0 Å². The van der Waals surface area contributed by atoms with Crippen LogP contribution >= 0.6 is 23.2 Å². The van der Waals surface area contributed by atoms with Crippen LogP contribution in [0.3, 0.4) is 0 Å². The second kappa shape index (κ2) is 6.33. The maximum atomic E-state index is 11.8. The van der Waals surface area contributed by atoms with Crippen molar-refractivity contribution in [2.75, 3.05) is 13.4 Å². The molecule has 2 nitrogen and oxygen atoms in total. The number of ether oxygens (including phenoxy) is 2. The zero-order chi connectivity index (χ0) is 12.9. The van der Waals surface area contributed by atoms with Crippen molar-refractivity contribution in [3.63, 3.8) is 0 Å². The Hall–Kier alpha value is -0.650. The molecule has 1 aromatic rings. The van der Waals surface area contributed by atoms with E-state index in [1.165, 1.54) is 0 Å². The number of hydrogen-bond acceptors (Lipinski definition) is 2. The Balaban J connectivity index is 2.49. The molecule has 7 heteroatoms. The monoisotopic (exact) mass is 288 g/mol. The third-order valence-electron chi connectivity index (χ3n) is 1.77. The van der Waals surface area contributed by atoms with Gasteiger partial charge >= 0.3 is 6.18 Å². The number of benzene rings is 1. The molecular formula is C10H9Cl2F3O2. The quantitative estimate of drug-likeness (QED) is 0.463. The van der Waals surface area contributed by atoms with Gasteiger partial charge in [0, 0.05) is 10.6 Å². The van der Waals surface area contributed by atoms with Crippen LogP contribution in [0.15, 0.2) is 18.2 Å². The lowest BCUT2D eigenvalue weighted by molar-refractivity contribution is -0.186. The first kappa shape index (κ1) is 14.4. The second-order valence-corrected chi connectivity index (χ2v) is 3.75. The topological polar surface area (TPSA) is 18.5 Å². The van der Waals surface area contributed by atoms with E-state index in [1.54, 1.807) is 18.2 Å². The molecule has 96 valence electrons. The van der Waals surface area contributed by atoms with Crippen molar-refractivity contribution in [3.8, 4) is 5.75 Å². The number of alkyl halides is 4. The normalized spacial score (nSPS) is 11.6. The van der Waals surface area contributed by atoms with E-state index in [1.807, 2.05) is 0 Å². The molecule has 0 aliphatic rings. The molecular weight excluding hydrogens is 280 g/mol. The predicted octanol–water partition coefficient (Wildman–Crippen LogP) is 3.99. The highest BCUT2D eigenvalue weighted by atomic mass is 35.5. The molecule has 0 bridgehead atoms. The Bertz CT molecular complexity index is 369. The summed E-state index contributed by atoms with van der Waals surface area (Å²) >= 11 is 11.5. The molecule has 1 aromatic carbocycles. The smallest absolute Gasteiger partial charge is 0.411 e. The van der Waals surface area contributed by atoms with Crippen molar-refractivity contribution in [1.82, 2.24) is 0 Å². The lowest BCUT2D eigenvalue weighted by Crippen LogP contribution is -2.19. The van der Waals surface area contributed by atoms with Crippen LogP contribution in [-0.4, -0.2) is 19.6 Å². The number of rotatable bonds is 5. The summed E-state index contributed by atoms with van der Waals surface area (Å²) < 4.78 is 44.6. The lowest BCUT2D eigenvalue weighted by atomic mass is 10.2. The Labute approximate surface area is 106 Å². The minimum absolute atomic E-state index is 0.105. The fraction of sp³-hybridized carbons (Fsp3) is 0.400. The molecule has 0 saturated carbocycles. The van der Waals surface area contributed by atoms with Crippen LogP contribution in [0.4, 0.5) is 13.2 Å². The third-order valence-corrected chi connectivity index (χ3v) is 2.39. The third kappa shape index (κ3) is 5.02. The van der Waals surface area contributed by atoms with Crippen LogP contribution in [0.5, 0.6) is 5.75 Å². The second-order valence-electron chi connectivity index (χ2n) is 3.08. The van der Waals surface area contributed by atoms with E-state index in [2.05, 4.69) is 4.74 Å². The van der Waals surface area contributed by atoms with E-state index in [9.17, 15) is 13.2 Å². The Morgan fingerprint density at radius 2 is 1.94 bits per heavy atom. The molecule has 0 fully saturated rings. The Morgan fingerprint density at radius 3 is 2.53 bits per heavy atom. The van der Waals surface area contributed by atoms with Gasteiger partial charge in [-0.15, -0.1) is 11.6 Å². The van der Waals surface area contributed by atoms with Gasteiger partial charge in [0.2, 0.25) is 0 Å². The predicted molar refractivity (Wildman–Crippen MR) is 58.5 cm³/mol. The van der Waals surface area contributed by atoms with Crippen molar-refractivity contribution < 1.29 is 22.6 Å². The van der Waals surface area contributed by atoms with E-state index in [-0.39, 0.29) is 5.88 Å². The molecule has 0 unspecified atom stereocenters.